The number of nitrogens with one attached hydrogen (secondary N) is 1. The largest absolute Gasteiger partial charge is 0.394 e. The van der Waals surface area contributed by atoms with Crippen LogP contribution in [0.3, 0.4) is 0 Å². The van der Waals surface area contributed by atoms with Crippen LogP contribution in [0.2, 0.25) is 0 Å². The molecule has 0 aliphatic carbocycles. The molecular weight excluding hydrogens is 1350 g/mol. The number of allylic oxidation sites excluding steroid dienone is 8. The third-order valence-corrected chi connectivity index (χ3v) is 21.9. The van der Waals surface area contributed by atoms with Gasteiger partial charge >= 0.3 is 0 Å². The Kier molecular flexibility index (Phi) is 62.2. The Morgan fingerprint density at radius 2 is 0.651 bits per heavy atom. The Labute approximate surface area is 643 Å². The van der Waals surface area contributed by atoms with Crippen molar-refractivity contribution < 1.29 is 89.4 Å². The second-order valence-electron chi connectivity index (χ2n) is 31.3. The predicted octanol–water partition coefficient (Wildman–Crippen LogP) is 16.0. The van der Waals surface area contributed by atoms with E-state index in [0.717, 1.165) is 70.6 Å². The van der Waals surface area contributed by atoms with E-state index in [-0.39, 0.29) is 18.9 Å². The van der Waals surface area contributed by atoms with E-state index in [4.69, 9.17) is 28.4 Å². The molecule has 3 heterocycles. The number of hydrogen-bond donors (Lipinski definition) is 12. The zero-order chi connectivity index (χ0) is 76.7. The Morgan fingerprint density at radius 3 is 1.02 bits per heavy atom. The lowest BCUT2D eigenvalue weighted by Crippen LogP contribution is -2.66. The van der Waals surface area contributed by atoms with Crippen molar-refractivity contribution in [2.45, 2.75) is 471 Å². The van der Waals surface area contributed by atoms with Crippen LogP contribution in [0.1, 0.15) is 367 Å². The zero-order valence-corrected chi connectivity index (χ0v) is 66.9. The van der Waals surface area contributed by atoms with Crippen molar-refractivity contribution in [1.82, 2.24) is 5.32 Å². The van der Waals surface area contributed by atoms with Gasteiger partial charge in [0.05, 0.1) is 38.6 Å². The highest BCUT2D eigenvalue weighted by Crippen LogP contribution is 2.34. The minimum Gasteiger partial charge on any atom is -0.394 e. The van der Waals surface area contributed by atoms with Gasteiger partial charge in [-0.3, -0.25) is 4.79 Å². The number of aliphatic hydroxyl groups is 11. The fraction of sp³-hybridized carbons (Fsp3) is 0.897. The minimum atomic E-state index is -1.97. The van der Waals surface area contributed by atoms with Crippen LogP contribution in [0.25, 0.3) is 0 Å². The monoisotopic (exact) mass is 1510 g/mol. The average Bonchev–Trinajstić information content (AvgIpc) is 0.780. The predicted molar refractivity (Wildman–Crippen MR) is 425 cm³/mol. The van der Waals surface area contributed by atoms with Gasteiger partial charge in [0.15, 0.2) is 18.9 Å². The number of carbonyl (C=O) groups is 1. The van der Waals surface area contributed by atoms with E-state index in [1.807, 2.05) is 0 Å². The van der Waals surface area contributed by atoms with Crippen LogP contribution in [-0.4, -0.2) is 193 Å². The maximum Gasteiger partial charge on any atom is 0.220 e. The summed E-state index contributed by atoms with van der Waals surface area (Å²) in [5, 5.41) is 121. The van der Waals surface area contributed by atoms with Crippen molar-refractivity contribution in [2.75, 3.05) is 26.4 Å². The van der Waals surface area contributed by atoms with E-state index in [0.29, 0.717) is 12.8 Å². The lowest BCUT2D eigenvalue weighted by molar-refractivity contribution is -0.379. The van der Waals surface area contributed by atoms with Crippen molar-refractivity contribution in [1.29, 1.82) is 0 Å². The fourth-order valence-electron chi connectivity index (χ4n) is 15.0. The van der Waals surface area contributed by atoms with Crippen LogP contribution in [-0.2, 0) is 33.2 Å². The first-order valence-electron chi connectivity index (χ1n) is 43.9. The standard InChI is InChI=1S/C87H161NO18/c1-3-5-7-9-11-13-15-17-19-21-23-25-27-29-30-31-32-33-34-35-36-37-38-39-40-41-43-45-47-49-51-53-55-57-59-61-63-65-75(93)88-70(71(92)64-62-60-58-56-54-52-50-48-46-44-42-28-26-24-22-20-18-16-14-12-10-8-6-4-2)69-101-85-81(99)78(96)83(73(67-90)103-85)106-87-82(100)79(97)84(74(68-91)104-87)105-86-80(98)77(95)76(94)72(66-89)102-86/h5,7,11,13,17,19,23,25,70-74,76-87,89-92,94-100H,3-4,6,8-10,12,14-16,18,20-22,24,26-69H2,1-2H3,(H,88,93)/b7-5-,13-11-,19-17-,25-23-. The van der Waals surface area contributed by atoms with Crippen molar-refractivity contribution in [2.24, 2.45) is 0 Å². The van der Waals surface area contributed by atoms with E-state index >= 15 is 0 Å². The second-order valence-corrected chi connectivity index (χ2v) is 31.3. The first-order valence-corrected chi connectivity index (χ1v) is 43.9. The highest BCUT2D eigenvalue weighted by molar-refractivity contribution is 5.76. The van der Waals surface area contributed by atoms with Crippen LogP contribution in [0.15, 0.2) is 48.6 Å². The van der Waals surface area contributed by atoms with Gasteiger partial charge in [-0.2, -0.15) is 0 Å². The van der Waals surface area contributed by atoms with Gasteiger partial charge in [0, 0.05) is 6.42 Å². The quantitative estimate of drug-likeness (QED) is 0.0199. The molecule has 1 amide bonds. The van der Waals surface area contributed by atoms with Crippen molar-refractivity contribution in [3.63, 3.8) is 0 Å². The molecule has 0 bridgehead atoms. The maximum atomic E-state index is 13.5. The number of ether oxygens (including phenoxy) is 6. The summed E-state index contributed by atoms with van der Waals surface area (Å²) >= 11 is 0. The molecule has 3 fully saturated rings. The van der Waals surface area contributed by atoms with E-state index in [1.165, 1.54) is 263 Å². The summed E-state index contributed by atoms with van der Waals surface area (Å²) < 4.78 is 34.6. The molecule has 12 N–H and O–H groups in total. The Hall–Kier alpha value is -2.25. The van der Waals surface area contributed by atoms with Gasteiger partial charge in [0.25, 0.3) is 0 Å². The van der Waals surface area contributed by atoms with Gasteiger partial charge < -0.3 is 89.9 Å². The van der Waals surface area contributed by atoms with E-state index < -0.39 is 124 Å². The zero-order valence-electron chi connectivity index (χ0n) is 66.9. The number of amides is 1. The second kappa shape index (κ2) is 67.3. The summed E-state index contributed by atoms with van der Waals surface area (Å²) in [7, 11) is 0. The number of rotatable bonds is 71. The topological polar surface area (TPSA) is 307 Å². The molecule has 19 heteroatoms. The van der Waals surface area contributed by atoms with Gasteiger partial charge in [-0.1, -0.05) is 358 Å². The number of unbranched alkanes of at least 4 members (excludes halogenated alkanes) is 47. The maximum absolute atomic E-state index is 13.5. The van der Waals surface area contributed by atoms with E-state index in [1.54, 1.807) is 0 Å². The Bertz CT molecular complexity index is 2100. The van der Waals surface area contributed by atoms with Crippen molar-refractivity contribution in [3.05, 3.63) is 48.6 Å². The summed E-state index contributed by atoms with van der Waals surface area (Å²) in [6.07, 6.45) is 59.3. The molecule has 0 radical (unpaired) electrons. The lowest BCUT2D eigenvalue weighted by atomic mass is 9.96. The highest BCUT2D eigenvalue weighted by atomic mass is 16.8. The Balaban J connectivity index is 1.31. The molecule has 3 saturated heterocycles. The summed E-state index contributed by atoms with van der Waals surface area (Å²) in [5.74, 6) is -0.235. The first kappa shape index (κ1) is 97.9. The van der Waals surface area contributed by atoms with Crippen LogP contribution in [0, 0.1) is 0 Å². The van der Waals surface area contributed by atoms with Gasteiger partial charge in [-0.05, 0) is 51.4 Å². The normalized spacial score (nSPS) is 25.8. The molecular formula is C87H161NO18. The highest BCUT2D eigenvalue weighted by Gasteiger charge is 2.54. The molecule has 3 rings (SSSR count). The van der Waals surface area contributed by atoms with Crippen LogP contribution in [0.5, 0.6) is 0 Å². The molecule has 3 aliphatic rings. The molecule has 0 spiro atoms. The molecule has 106 heavy (non-hydrogen) atoms. The summed E-state index contributed by atoms with van der Waals surface area (Å²) in [5.41, 5.74) is 0. The van der Waals surface area contributed by atoms with Crippen LogP contribution >= 0.6 is 0 Å². The number of aliphatic hydroxyl groups excluding tert-OH is 11. The van der Waals surface area contributed by atoms with Crippen molar-refractivity contribution >= 4 is 5.91 Å². The molecule has 0 saturated carbocycles. The SMILES string of the molecule is CC/C=C\C/C=C\C/C=C\C/C=C\CCCCCCCCCCCCCCCCCCCCCCCCCCC(=O)NC(COC1OC(CO)C(OC2OC(CO)C(OC3OC(CO)C(O)C(O)C3O)C(O)C2O)C(O)C1O)C(O)CCCCCCCCCCCCCCCCCCCCCCCCCC. The Morgan fingerprint density at radius 1 is 0.349 bits per heavy atom. The van der Waals surface area contributed by atoms with Gasteiger partial charge in [-0.25, -0.2) is 0 Å². The number of hydrogen-bond acceptors (Lipinski definition) is 18. The minimum absolute atomic E-state index is 0.235. The van der Waals surface area contributed by atoms with Crippen molar-refractivity contribution in [3.8, 4) is 0 Å². The molecule has 17 atom stereocenters. The smallest absolute Gasteiger partial charge is 0.220 e. The average molecular weight is 1510 g/mol. The molecule has 0 aromatic carbocycles. The van der Waals surface area contributed by atoms with Gasteiger partial charge in [0.1, 0.15) is 73.2 Å². The summed E-state index contributed by atoms with van der Waals surface area (Å²) in [6.45, 7) is 1.75. The molecule has 0 aromatic heterocycles. The molecule has 19 nitrogen and oxygen atoms in total. The first-order chi connectivity index (χ1) is 51.8. The summed E-state index contributed by atoms with van der Waals surface area (Å²) in [6, 6.07) is -0.887. The third kappa shape index (κ3) is 46.1. The fourth-order valence-corrected chi connectivity index (χ4v) is 15.0. The van der Waals surface area contributed by atoms with Crippen LogP contribution < -0.4 is 5.32 Å². The molecule has 3 aliphatic heterocycles. The lowest BCUT2D eigenvalue weighted by Gasteiger charge is -2.48. The third-order valence-electron chi connectivity index (χ3n) is 21.9. The van der Waals surface area contributed by atoms with E-state index in [2.05, 4.69) is 67.8 Å². The molecule has 0 aromatic rings. The number of carbonyl (C=O) groups excluding carboxylic acids is 1. The molecule has 17 unspecified atom stereocenters. The summed E-state index contributed by atoms with van der Waals surface area (Å²) in [4.78, 5) is 13.5. The van der Waals surface area contributed by atoms with E-state index in [9.17, 15) is 61.0 Å². The van der Waals surface area contributed by atoms with Crippen LogP contribution in [0.4, 0.5) is 0 Å². The molecule has 622 valence electrons. The van der Waals surface area contributed by atoms with Gasteiger partial charge in [0.2, 0.25) is 5.91 Å². The van der Waals surface area contributed by atoms with Gasteiger partial charge in [-0.15, -0.1) is 0 Å².